The van der Waals surface area contributed by atoms with Crippen LogP contribution in [0.4, 0.5) is 5.82 Å². The van der Waals surface area contributed by atoms with E-state index in [0.717, 1.165) is 0 Å². The molecule has 0 fully saturated rings. The van der Waals surface area contributed by atoms with Crippen LogP contribution in [0.25, 0.3) is 0 Å². The third kappa shape index (κ3) is 1.86. The Bertz CT molecular complexity index is 691. The highest BCUT2D eigenvalue weighted by atomic mass is 16.2. The van der Waals surface area contributed by atoms with Gasteiger partial charge in [0.25, 0.3) is 17.7 Å². The number of carbonyl (C=O) groups is 3. The number of hydrogen-bond donors (Lipinski definition) is 3. The summed E-state index contributed by atoms with van der Waals surface area (Å²) < 4.78 is 0. The Labute approximate surface area is 107 Å². The fourth-order valence-electron chi connectivity index (χ4n) is 1.83. The maximum atomic E-state index is 11.9. The minimum atomic E-state index is -0.490. The number of rotatable bonds is 2. The van der Waals surface area contributed by atoms with Gasteiger partial charge in [-0.1, -0.05) is 0 Å². The van der Waals surface area contributed by atoms with Crippen molar-refractivity contribution in [2.24, 2.45) is 0 Å². The number of aromatic amines is 1. The van der Waals surface area contributed by atoms with Crippen molar-refractivity contribution in [3.8, 4) is 0 Å². The second kappa shape index (κ2) is 4.05. The molecule has 1 aliphatic heterocycles. The minimum absolute atomic E-state index is 0.210. The van der Waals surface area contributed by atoms with Crippen molar-refractivity contribution >= 4 is 23.5 Å². The molecule has 3 N–H and O–H groups in total. The van der Waals surface area contributed by atoms with Gasteiger partial charge in [-0.3, -0.25) is 24.8 Å². The molecule has 3 amide bonds. The van der Waals surface area contributed by atoms with Gasteiger partial charge in [0.1, 0.15) is 5.82 Å². The SMILES string of the molecule is O=C(Nc1ccn[nH]1)c1ccc2c(c1)C(=O)NC2=O. The Morgan fingerprint density at radius 1 is 1.11 bits per heavy atom. The van der Waals surface area contributed by atoms with Gasteiger partial charge in [-0.15, -0.1) is 0 Å². The van der Waals surface area contributed by atoms with Gasteiger partial charge in [-0.05, 0) is 18.2 Å². The van der Waals surface area contributed by atoms with Crippen molar-refractivity contribution in [3.63, 3.8) is 0 Å². The van der Waals surface area contributed by atoms with Gasteiger partial charge in [-0.25, -0.2) is 0 Å². The average molecular weight is 256 g/mol. The summed E-state index contributed by atoms with van der Waals surface area (Å²) in [5, 5.41) is 11.0. The number of fused-ring (bicyclic) bond motifs is 1. The monoisotopic (exact) mass is 256 g/mol. The maximum Gasteiger partial charge on any atom is 0.258 e. The normalized spacial score (nSPS) is 13.1. The van der Waals surface area contributed by atoms with Crippen LogP contribution in [0.2, 0.25) is 0 Å². The van der Waals surface area contributed by atoms with E-state index in [0.29, 0.717) is 11.4 Å². The number of nitrogens with one attached hydrogen (secondary N) is 3. The fraction of sp³-hybridized carbons (Fsp3) is 0. The molecule has 0 atom stereocenters. The van der Waals surface area contributed by atoms with Crippen LogP contribution >= 0.6 is 0 Å². The van der Waals surface area contributed by atoms with Gasteiger partial charge in [-0.2, -0.15) is 5.10 Å². The van der Waals surface area contributed by atoms with Crippen molar-refractivity contribution in [1.29, 1.82) is 0 Å². The number of benzene rings is 1. The van der Waals surface area contributed by atoms with E-state index in [1.807, 2.05) is 0 Å². The van der Waals surface area contributed by atoms with Crippen molar-refractivity contribution in [1.82, 2.24) is 15.5 Å². The third-order valence-electron chi connectivity index (χ3n) is 2.75. The Balaban J connectivity index is 1.91. The number of carbonyl (C=O) groups excluding carboxylic acids is 3. The minimum Gasteiger partial charge on any atom is -0.307 e. The van der Waals surface area contributed by atoms with Crippen LogP contribution in [-0.4, -0.2) is 27.9 Å². The zero-order chi connectivity index (χ0) is 13.4. The smallest absolute Gasteiger partial charge is 0.258 e. The Hall–Kier alpha value is -2.96. The number of aromatic nitrogens is 2. The standard InChI is InChI=1S/C12H8N4O3/c17-10(14-9-3-4-13-16-9)6-1-2-7-8(5-6)12(19)15-11(7)18/h1-5H,(H,15,18,19)(H2,13,14,16,17). The molecule has 7 nitrogen and oxygen atoms in total. The molecule has 0 bridgehead atoms. The van der Waals surface area contributed by atoms with E-state index in [4.69, 9.17) is 0 Å². The highest BCUT2D eigenvalue weighted by molar-refractivity contribution is 6.22. The first-order valence-electron chi connectivity index (χ1n) is 5.45. The van der Waals surface area contributed by atoms with E-state index in [1.165, 1.54) is 24.4 Å². The third-order valence-corrected chi connectivity index (χ3v) is 2.75. The highest BCUT2D eigenvalue weighted by Crippen LogP contribution is 2.18. The quantitative estimate of drug-likeness (QED) is 0.682. The number of nitrogens with zero attached hydrogens (tertiary/aromatic N) is 1. The van der Waals surface area contributed by atoms with Crippen molar-refractivity contribution in [3.05, 3.63) is 47.2 Å². The fourth-order valence-corrected chi connectivity index (χ4v) is 1.83. The molecular weight excluding hydrogens is 248 g/mol. The van der Waals surface area contributed by atoms with Gasteiger partial charge in [0.05, 0.1) is 17.3 Å². The van der Waals surface area contributed by atoms with Gasteiger partial charge in [0.15, 0.2) is 0 Å². The molecule has 0 saturated heterocycles. The molecule has 7 heteroatoms. The Kier molecular flexibility index (Phi) is 2.38. The predicted molar refractivity (Wildman–Crippen MR) is 64.8 cm³/mol. The lowest BCUT2D eigenvalue weighted by Crippen LogP contribution is -2.19. The van der Waals surface area contributed by atoms with Crippen LogP contribution in [0, 0.1) is 0 Å². The summed E-state index contributed by atoms with van der Waals surface area (Å²) in [7, 11) is 0. The molecule has 19 heavy (non-hydrogen) atoms. The molecule has 1 aromatic heterocycles. The zero-order valence-corrected chi connectivity index (χ0v) is 9.56. The van der Waals surface area contributed by atoms with Gasteiger partial charge < -0.3 is 5.32 Å². The van der Waals surface area contributed by atoms with Crippen molar-refractivity contribution in [2.45, 2.75) is 0 Å². The second-order valence-corrected chi connectivity index (χ2v) is 3.97. The summed E-state index contributed by atoms with van der Waals surface area (Å²) in [5.41, 5.74) is 0.781. The lowest BCUT2D eigenvalue weighted by Gasteiger charge is -2.03. The number of imide groups is 1. The van der Waals surface area contributed by atoms with Crippen LogP contribution < -0.4 is 10.6 Å². The maximum absolute atomic E-state index is 11.9. The van der Waals surface area contributed by atoms with Gasteiger partial charge >= 0.3 is 0 Å². The molecule has 1 aliphatic rings. The summed E-state index contributed by atoms with van der Waals surface area (Å²) in [4.78, 5) is 34.8. The molecule has 0 aliphatic carbocycles. The molecule has 94 valence electrons. The zero-order valence-electron chi connectivity index (χ0n) is 9.56. The summed E-state index contributed by atoms with van der Waals surface area (Å²) >= 11 is 0. The Morgan fingerprint density at radius 3 is 2.63 bits per heavy atom. The van der Waals surface area contributed by atoms with E-state index in [2.05, 4.69) is 20.8 Å². The van der Waals surface area contributed by atoms with Crippen LogP contribution in [0.3, 0.4) is 0 Å². The summed E-state index contributed by atoms with van der Waals surface area (Å²) in [5.74, 6) is -0.873. The van der Waals surface area contributed by atoms with Crippen LogP contribution in [0.15, 0.2) is 30.5 Å². The van der Waals surface area contributed by atoms with Gasteiger partial charge in [0.2, 0.25) is 0 Å². The first-order chi connectivity index (χ1) is 9.15. The summed E-state index contributed by atoms with van der Waals surface area (Å²) in [6.45, 7) is 0. The van der Waals surface area contributed by atoms with E-state index >= 15 is 0 Å². The van der Waals surface area contributed by atoms with E-state index in [9.17, 15) is 14.4 Å². The molecule has 0 spiro atoms. The van der Waals surface area contributed by atoms with Crippen molar-refractivity contribution in [2.75, 3.05) is 5.32 Å². The molecule has 1 aromatic carbocycles. The lowest BCUT2D eigenvalue weighted by atomic mass is 10.1. The first-order valence-corrected chi connectivity index (χ1v) is 5.45. The van der Waals surface area contributed by atoms with Crippen LogP contribution in [-0.2, 0) is 0 Å². The topological polar surface area (TPSA) is 104 Å². The molecule has 2 aromatic rings. The molecule has 2 heterocycles. The van der Waals surface area contributed by atoms with Crippen LogP contribution in [0.1, 0.15) is 31.1 Å². The summed E-state index contributed by atoms with van der Waals surface area (Å²) in [6.07, 6.45) is 1.50. The van der Waals surface area contributed by atoms with E-state index < -0.39 is 11.8 Å². The first kappa shape index (κ1) is 11.1. The lowest BCUT2D eigenvalue weighted by molar-refractivity contribution is 0.0879. The van der Waals surface area contributed by atoms with Crippen LogP contribution in [0.5, 0.6) is 0 Å². The van der Waals surface area contributed by atoms with E-state index in [-0.39, 0.29) is 17.0 Å². The highest BCUT2D eigenvalue weighted by Gasteiger charge is 2.27. The number of H-pyrrole nitrogens is 1. The van der Waals surface area contributed by atoms with E-state index in [1.54, 1.807) is 6.07 Å². The molecule has 0 radical (unpaired) electrons. The molecule has 0 saturated carbocycles. The number of amides is 3. The number of hydrogen-bond acceptors (Lipinski definition) is 4. The second-order valence-electron chi connectivity index (χ2n) is 3.97. The largest absolute Gasteiger partial charge is 0.307 e. The number of anilines is 1. The molecule has 0 unspecified atom stereocenters. The van der Waals surface area contributed by atoms with Gasteiger partial charge in [0, 0.05) is 11.6 Å². The molecule has 3 rings (SSSR count). The average Bonchev–Trinajstić information content (AvgIpc) is 2.99. The predicted octanol–water partition coefficient (Wildman–Crippen LogP) is 0.546. The Morgan fingerprint density at radius 2 is 1.89 bits per heavy atom. The summed E-state index contributed by atoms with van der Waals surface area (Å²) in [6, 6.07) is 5.93. The molecular formula is C12H8N4O3. The van der Waals surface area contributed by atoms with Crippen molar-refractivity contribution < 1.29 is 14.4 Å².